The van der Waals surface area contributed by atoms with E-state index < -0.39 is 0 Å². The fourth-order valence-corrected chi connectivity index (χ4v) is 8.12. The largest absolute Gasteiger partial charge is 0.488 e. The Hall–Kier alpha value is -6.55. The second-order valence-corrected chi connectivity index (χ2v) is 15.6. The van der Waals surface area contributed by atoms with Gasteiger partial charge >= 0.3 is 0 Å². The Morgan fingerprint density at radius 2 is 1.20 bits per heavy atom. The van der Waals surface area contributed by atoms with Crippen LogP contribution < -0.4 is 9.80 Å². The second-order valence-electron chi connectivity index (χ2n) is 15.6. The van der Waals surface area contributed by atoms with Crippen LogP contribution in [0.4, 0.5) is 22.7 Å². The van der Waals surface area contributed by atoms with Crippen LogP contribution in [0.1, 0.15) is 48.6 Å². The topological polar surface area (TPSA) is 37.2 Å². The molecular weight excluding hydrogens is 902 g/mol. The molecule has 0 fully saturated rings. The van der Waals surface area contributed by atoms with E-state index in [0.717, 1.165) is 83.8 Å². The molecule has 9 aromatic rings. The van der Waals surface area contributed by atoms with Crippen LogP contribution >= 0.6 is 0 Å². The maximum Gasteiger partial charge on any atom is 0.136 e. The zero-order chi connectivity index (χ0) is 39.2. The number of para-hydroxylation sites is 3. The van der Waals surface area contributed by atoms with Gasteiger partial charge in [0.05, 0.1) is 0 Å². The van der Waals surface area contributed by atoms with E-state index in [1.807, 2.05) is 30.7 Å². The molecule has 4 heterocycles. The number of anilines is 4. The Balaban J connectivity index is 0.00000449. The molecule has 59 heavy (non-hydrogen) atoms. The number of benzene rings is 6. The van der Waals surface area contributed by atoms with E-state index in [0.29, 0.717) is 0 Å². The minimum Gasteiger partial charge on any atom is -0.488 e. The van der Waals surface area contributed by atoms with E-state index in [2.05, 4.69) is 211 Å². The van der Waals surface area contributed by atoms with Gasteiger partial charge < -0.3 is 14.4 Å². The molecule has 0 radical (unpaired) electrons. The van der Waals surface area contributed by atoms with Gasteiger partial charge in [0.25, 0.3) is 0 Å². The summed E-state index contributed by atoms with van der Waals surface area (Å²) in [4.78, 5) is 13.7. The Morgan fingerprint density at radius 3 is 1.92 bits per heavy atom. The normalized spacial score (nSPS) is 12.4. The number of fused-ring (bicyclic) bond motifs is 4. The summed E-state index contributed by atoms with van der Waals surface area (Å²) >= 11 is 0. The van der Waals surface area contributed by atoms with Gasteiger partial charge in [-0.1, -0.05) is 123 Å². The average Bonchev–Trinajstić information content (AvgIpc) is 3.82. The van der Waals surface area contributed by atoms with Crippen LogP contribution in [0.2, 0.25) is 0 Å². The molecular formula is C53H40N5Pt-3. The Kier molecular flexibility index (Phi) is 10.1. The van der Waals surface area contributed by atoms with Gasteiger partial charge in [-0.05, 0) is 81.0 Å². The first kappa shape index (κ1) is 38.0. The molecule has 0 N–H and O–H groups in total. The Labute approximate surface area is 360 Å². The van der Waals surface area contributed by atoms with Gasteiger partial charge in [0, 0.05) is 62.2 Å². The summed E-state index contributed by atoms with van der Waals surface area (Å²) in [6.45, 7) is 8.87. The third kappa shape index (κ3) is 6.96. The van der Waals surface area contributed by atoms with Gasteiger partial charge in [-0.25, -0.2) is 4.98 Å². The first-order valence-corrected chi connectivity index (χ1v) is 19.7. The molecule has 5 nitrogen and oxygen atoms in total. The second kappa shape index (κ2) is 15.7. The van der Waals surface area contributed by atoms with Crippen LogP contribution in [0.3, 0.4) is 0 Å². The molecule has 6 aromatic carbocycles. The summed E-state index contributed by atoms with van der Waals surface area (Å²) in [5, 5.41) is 2.29. The van der Waals surface area contributed by atoms with Crippen molar-refractivity contribution in [3.05, 3.63) is 229 Å². The van der Waals surface area contributed by atoms with Crippen molar-refractivity contribution in [3.8, 4) is 5.82 Å². The number of hydrogen-bond acceptors (Lipinski definition) is 4. The van der Waals surface area contributed by atoms with Crippen molar-refractivity contribution < 1.29 is 21.1 Å². The minimum absolute atomic E-state index is 0. The fraction of sp³-hybridized carbons (Fsp3) is 0.0755. The zero-order valence-electron chi connectivity index (χ0n) is 33.0. The Bertz CT molecular complexity index is 2930. The van der Waals surface area contributed by atoms with Crippen LogP contribution in [0, 0.1) is 18.8 Å². The SMILES string of the molecule is CC(C)(C)c1ccnc(-n2c3[c-]c(C(=C(c4ccccc4)c4ccccc4)c4[c-]c(N5[CH-]N(c6ccncc6)c6ccccc65)ccc4)ccc3c3ccccc32)c1.[Pt]. The monoisotopic (exact) mass is 941 g/mol. The third-order valence-electron chi connectivity index (χ3n) is 10.9. The standard InChI is InChI=1S/C53H40N5.Pt/c1-53(2,3)41-27-32-55-50(35-41)58-46-22-11-10-21-44(46)45-26-25-40(34-49(45)58)52(51(37-15-6-4-7-16-37)38-17-8-5-9-18-38)39-19-14-20-43(33-39)57-36-56(42-28-30-54-31-29-42)47-23-12-13-24-48(47)57;/h4-32,35-36H,1-3H3;/q-3;. The number of hydrogen-bond donors (Lipinski definition) is 0. The molecule has 290 valence electrons. The van der Waals surface area contributed by atoms with Crippen molar-refractivity contribution in [2.75, 3.05) is 9.80 Å². The first-order valence-electron chi connectivity index (χ1n) is 19.7. The maximum absolute atomic E-state index is 4.97. The van der Waals surface area contributed by atoms with Crippen LogP contribution in [-0.4, -0.2) is 14.5 Å². The smallest absolute Gasteiger partial charge is 0.136 e. The molecule has 1 aliphatic heterocycles. The van der Waals surface area contributed by atoms with Crippen LogP contribution in [-0.2, 0) is 26.5 Å². The molecule has 10 rings (SSSR count). The molecule has 3 aromatic heterocycles. The summed E-state index contributed by atoms with van der Waals surface area (Å²) in [5.74, 6) is 0.874. The van der Waals surface area contributed by atoms with Gasteiger partial charge in [-0.3, -0.25) is 4.98 Å². The molecule has 0 amide bonds. The molecule has 0 saturated heterocycles. The number of pyridine rings is 2. The Morgan fingerprint density at radius 1 is 0.559 bits per heavy atom. The predicted molar refractivity (Wildman–Crippen MR) is 239 cm³/mol. The maximum atomic E-state index is 4.97. The van der Waals surface area contributed by atoms with E-state index in [1.165, 1.54) is 5.56 Å². The van der Waals surface area contributed by atoms with E-state index in [9.17, 15) is 0 Å². The van der Waals surface area contributed by atoms with Crippen LogP contribution in [0.25, 0.3) is 38.8 Å². The van der Waals surface area contributed by atoms with Crippen molar-refractivity contribution in [2.45, 2.75) is 26.2 Å². The van der Waals surface area contributed by atoms with Crippen LogP contribution in [0.5, 0.6) is 0 Å². The quantitative estimate of drug-likeness (QED) is 0.118. The number of nitrogens with zero attached hydrogens (tertiary/aromatic N) is 5. The van der Waals surface area contributed by atoms with Gasteiger partial charge in [0.2, 0.25) is 0 Å². The fourth-order valence-electron chi connectivity index (χ4n) is 8.12. The molecule has 0 spiro atoms. The van der Waals surface area contributed by atoms with Gasteiger partial charge in [0.15, 0.2) is 0 Å². The molecule has 6 heteroatoms. The van der Waals surface area contributed by atoms with Crippen molar-refractivity contribution >= 4 is 55.7 Å². The molecule has 0 unspecified atom stereocenters. The van der Waals surface area contributed by atoms with Gasteiger partial charge in [-0.15, -0.1) is 65.8 Å². The average molecular weight is 942 g/mol. The zero-order valence-corrected chi connectivity index (χ0v) is 35.2. The van der Waals surface area contributed by atoms with Gasteiger partial charge in [-0.2, -0.15) is 0 Å². The number of rotatable bonds is 7. The van der Waals surface area contributed by atoms with Crippen molar-refractivity contribution in [2.24, 2.45) is 0 Å². The summed E-state index contributed by atoms with van der Waals surface area (Å²) in [6.07, 6.45) is 5.59. The van der Waals surface area contributed by atoms with E-state index in [1.54, 1.807) is 0 Å². The summed E-state index contributed by atoms with van der Waals surface area (Å²) in [6, 6.07) is 65.7. The predicted octanol–water partition coefficient (Wildman–Crippen LogP) is 12.9. The van der Waals surface area contributed by atoms with E-state index >= 15 is 0 Å². The van der Waals surface area contributed by atoms with Crippen molar-refractivity contribution in [1.29, 1.82) is 0 Å². The van der Waals surface area contributed by atoms with Gasteiger partial charge in [0.1, 0.15) is 5.82 Å². The molecule has 1 aliphatic rings. The van der Waals surface area contributed by atoms with E-state index in [-0.39, 0.29) is 26.5 Å². The van der Waals surface area contributed by atoms with Crippen molar-refractivity contribution in [1.82, 2.24) is 14.5 Å². The molecule has 0 atom stereocenters. The summed E-state index contributed by atoms with van der Waals surface area (Å²) < 4.78 is 2.27. The molecule has 0 saturated carbocycles. The minimum atomic E-state index is -0.0367. The molecule has 0 aliphatic carbocycles. The summed E-state index contributed by atoms with van der Waals surface area (Å²) in [5.41, 5.74) is 13.7. The first-order chi connectivity index (χ1) is 28.4. The number of aromatic nitrogens is 3. The third-order valence-corrected chi connectivity index (χ3v) is 10.9. The van der Waals surface area contributed by atoms with Crippen molar-refractivity contribution in [3.63, 3.8) is 0 Å². The molecule has 0 bridgehead atoms. The summed E-state index contributed by atoms with van der Waals surface area (Å²) in [7, 11) is 0. The van der Waals surface area contributed by atoms with E-state index in [4.69, 9.17) is 4.98 Å². The van der Waals surface area contributed by atoms with Crippen LogP contribution in [0.15, 0.2) is 182 Å².